The molecule has 3 heteroatoms. The third-order valence-corrected chi connectivity index (χ3v) is 3.03. The quantitative estimate of drug-likeness (QED) is 0.837. The molecule has 0 bridgehead atoms. The Kier molecular flexibility index (Phi) is 4.70. The summed E-state index contributed by atoms with van der Waals surface area (Å²) in [7, 11) is 1.66. The number of amides is 1. The molecule has 0 aliphatic rings. The van der Waals surface area contributed by atoms with Crippen LogP contribution in [-0.4, -0.2) is 19.0 Å². The summed E-state index contributed by atoms with van der Waals surface area (Å²) in [5, 5.41) is 5.94. The van der Waals surface area contributed by atoms with Gasteiger partial charge in [-0.25, -0.2) is 0 Å². The first kappa shape index (κ1) is 13.7. The second-order valence-corrected chi connectivity index (χ2v) is 4.58. The van der Waals surface area contributed by atoms with Crippen LogP contribution in [0.25, 0.3) is 0 Å². The Labute approximate surface area is 104 Å². The number of rotatable bonds is 4. The monoisotopic (exact) mass is 234 g/mol. The molecular weight excluding hydrogens is 212 g/mol. The van der Waals surface area contributed by atoms with Crippen LogP contribution in [0.5, 0.6) is 0 Å². The summed E-state index contributed by atoms with van der Waals surface area (Å²) in [4.78, 5) is 11.4. The van der Waals surface area contributed by atoms with Crippen molar-refractivity contribution in [2.24, 2.45) is 0 Å². The molecule has 0 saturated heterocycles. The molecule has 1 aromatic rings. The Morgan fingerprint density at radius 1 is 1.24 bits per heavy atom. The van der Waals surface area contributed by atoms with Crippen LogP contribution >= 0.6 is 0 Å². The van der Waals surface area contributed by atoms with Gasteiger partial charge in [-0.3, -0.25) is 10.1 Å². The molecule has 0 aromatic heterocycles. The molecule has 1 rings (SSSR count). The van der Waals surface area contributed by atoms with E-state index >= 15 is 0 Å². The van der Waals surface area contributed by atoms with E-state index in [4.69, 9.17) is 0 Å². The average molecular weight is 234 g/mol. The number of benzene rings is 1. The summed E-state index contributed by atoms with van der Waals surface area (Å²) in [6.07, 6.45) is 0. The Morgan fingerprint density at radius 3 is 2.41 bits per heavy atom. The summed E-state index contributed by atoms with van der Waals surface area (Å²) >= 11 is 0. The third kappa shape index (κ3) is 3.56. The highest BCUT2D eigenvalue weighted by atomic mass is 16.2. The van der Waals surface area contributed by atoms with Gasteiger partial charge < -0.3 is 5.32 Å². The van der Waals surface area contributed by atoms with Crippen LogP contribution in [0.3, 0.4) is 0 Å². The molecule has 0 saturated carbocycles. The van der Waals surface area contributed by atoms with E-state index < -0.39 is 0 Å². The van der Waals surface area contributed by atoms with Gasteiger partial charge in [0.2, 0.25) is 5.91 Å². The predicted octanol–water partition coefficient (Wildman–Crippen LogP) is 2.09. The number of aryl methyl sites for hydroxylation is 2. The minimum atomic E-state index is -0.185. The van der Waals surface area contributed by atoms with E-state index in [-0.39, 0.29) is 18.0 Å². The predicted molar refractivity (Wildman–Crippen MR) is 71.0 cm³/mol. The van der Waals surface area contributed by atoms with Gasteiger partial charge in [0.15, 0.2) is 0 Å². The highest BCUT2D eigenvalue weighted by molar-refractivity contribution is 5.80. The van der Waals surface area contributed by atoms with Gasteiger partial charge >= 0.3 is 0 Å². The topological polar surface area (TPSA) is 41.1 Å². The maximum absolute atomic E-state index is 11.4. The first-order chi connectivity index (χ1) is 7.95. The summed E-state index contributed by atoms with van der Waals surface area (Å²) in [6.45, 7) is 8.14. The molecule has 2 unspecified atom stereocenters. The molecule has 3 nitrogen and oxygen atoms in total. The standard InChI is InChI=1S/C14H22N2O/c1-9-6-7-13(10(2)8-9)11(3)16-12(4)14(17)15-5/h6-8,11-12,16H,1-5H3,(H,15,17). The number of carbonyl (C=O) groups excluding carboxylic acids is 1. The lowest BCUT2D eigenvalue weighted by atomic mass is 10.00. The van der Waals surface area contributed by atoms with E-state index in [1.54, 1.807) is 7.05 Å². The molecule has 0 radical (unpaired) electrons. The van der Waals surface area contributed by atoms with E-state index in [9.17, 15) is 4.79 Å². The minimum Gasteiger partial charge on any atom is -0.358 e. The van der Waals surface area contributed by atoms with Crippen LogP contribution in [0.15, 0.2) is 18.2 Å². The van der Waals surface area contributed by atoms with Crippen LogP contribution in [0.1, 0.15) is 36.6 Å². The van der Waals surface area contributed by atoms with Gasteiger partial charge in [0, 0.05) is 13.1 Å². The normalized spacial score (nSPS) is 14.2. The van der Waals surface area contributed by atoms with E-state index in [1.165, 1.54) is 16.7 Å². The lowest BCUT2D eigenvalue weighted by Gasteiger charge is -2.21. The highest BCUT2D eigenvalue weighted by Crippen LogP contribution is 2.18. The number of nitrogens with one attached hydrogen (secondary N) is 2. The summed E-state index contributed by atoms with van der Waals surface area (Å²) < 4.78 is 0. The Hall–Kier alpha value is -1.35. The second-order valence-electron chi connectivity index (χ2n) is 4.58. The zero-order chi connectivity index (χ0) is 13.0. The van der Waals surface area contributed by atoms with Crippen molar-refractivity contribution in [1.82, 2.24) is 10.6 Å². The van der Waals surface area contributed by atoms with Gasteiger partial charge in [-0.1, -0.05) is 23.8 Å². The van der Waals surface area contributed by atoms with Crippen molar-refractivity contribution in [1.29, 1.82) is 0 Å². The fourth-order valence-corrected chi connectivity index (χ4v) is 2.07. The first-order valence-corrected chi connectivity index (χ1v) is 6.00. The fraction of sp³-hybridized carbons (Fsp3) is 0.500. The molecule has 0 aliphatic carbocycles. The van der Waals surface area contributed by atoms with Crippen molar-refractivity contribution in [3.63, 3.8) is 0 Å². The molecule has 0 spiro atoms. The molecule has 94 valence electrons. The van der Waals surface area contributed by atoms with Crippen molar-refractivity contribution in [2.45, 2.75) is 39.8 Å². The van der Waals surface area contributed by atoms with Crippen molar-refractivity contribution in [2.75, 3.05) is 7.05 Å². The van der Waals surface area contributed by atoms with E-state index in [2.05, 4.69) is 49.6 Å². The first-order valence-electron chi connectivity index (χ1n) is 6.00. The van der Waals surface area contributed by atoms with Gasteiger partial charge in [0.1, 0.15) is 0 Å². The summed E-state index contributed by atoms with van der Waals surface area (Å²) in [5.41, 5.74) is 3.76. The van der Waals surface area contributed by atoms with Gasteiger partial charge in [0.05, 0.1) is 6.04 Å². The molecular formula is C14H22N2O. The number of likely N-dealkylation sites (N-methyl/N-ethyl adjacent to an activating group) is 1. The SMILES string of the molecule is CNC(=O)C(C)NC(C)c1ccc(C)cc1C. The van der Waals surface area contributed by atoms with Gasteiger partial charge in [0.25, 0.3) is 0 Å². The molecule has 2 N–H and O–H groups in total. The molecule has 0 aliphatic heterocycles. The van der Waals surface area contributed by atoms with Crippen molar-refractivity contribution < 1.29 is 4.79 Å². The van der Waals surface area contributed by atoms with Crippen LogP contribution in [0.4, 0.5) is 0 Å². The zero-order valence-corrected chi connectivity index (χ0v) is 11.3. The molecule has 0 heterocycles. The van der Waals surface area contributed by atoms with Gasteiger partial charge in [-0.15, -0.1) is 0 Å². The molecule has 1 aromatic carbocycles. The maximum atomic E-state index is 11.4. The maximum Gasteiger partial charge on any atom is 0.236 e. The van der Waals surface area contributed by atoms with Crippen LogP contribution in [0, 0.1) is 13.8 Å². The number of hydrogen-bond acceptors (Lipinski definition) is 2. The average Bonchev–Trinajstić information content (AvgIpc) is 2.27. The zero-order valence-electron chi connectivity index (χ0n) is 11.3. The van der Waals surface area contributed by atoms with E-state index in [1.807, 2.05) is 6.92 Å². The van der Waals surface area contributed by atoms with Crippen LogP contribution < -0.4 is 10.6 Å². The Balaban J connectivity index is 2.76. The molecule has 2 atom stereocenters. The molecule has 0 fully saturated rings. The smallest absolute Gasteiger partial charge is 0.236 e. The second kappa shape index (κ2) is 5.82. The Bertz CT molecular complexity index is 401. The number of carbonyl (C=O) groups is 1. The Morgan fingerprint density at radius 2 is 1.88 bits per heavy atom. The third-order valence-electron chi connectivity index (χ3n) is 3.03. The highest BCUT2D eigenvalue weighted by Gasteiger charge is 2.15. The summed E-state index contributed by atoms with van der Waals surface area (Å²) in [6, 6.07) is 6.38. The van der Waals surface area contributed by atoms with Crippen LogP contribution in [-0.2, 0) is 4.79 Å². The largest absolute Gasteiger partial charge is 0.358 e. The lowest BCUT2D eigenvalue weighted by Crippen LogP contribution is -2.41. The summed E-state index contributed by atoms with van der Waals surface area (Å²) in [5.74, 6) is 0.0154. The van der Waals surface area contributed by atoms with Gasteiger partial charge in [-0.05, 0) is 38.8 Å². The van der Waals surface area contributed by atoms with Crippen molar-refractivity contribution in [3.05, 3.63) is 34.9 Å². The lowest BCUT2D eigenvalue weighted by molar-refractivity contribution is -0.122. The van der Waals surface area contributed by atoms with E-state index in [0.717, 1.165) is 0 Å². The van der Waals surface area contributed by atoms with Gasteiger partial charge in [-0.2, -0.15) is 0 Å². The van der Waals surface area contributed by atoms with Crippen molar-refractivity contribution in [3.8, 4) is 0 Å². The number of hydrogen-bond donors (Lipinski definition) is 2. The van der Waals surface area contributed by atoms with Crippen molar-refractivity contribution >= 4 is 5.91 Å². The molecule has 17 heavy (non-hydrogen) atoms. The fourth-order valence-electron chi connectivity index (χ4n) is 2.07. The van der Waals surface area contributed by atoms with Crippen LogP contribution in [0.2, 0.25) is 0 Å². The molecule has 1 amide bonds. The minimum absolute atomic E-state index is 0.0154. The van der Waals surface area contributed by atoms with E-state index in [0.29, 0.717) is 0 Å².